The fraction of sp³-hybridized carbons (Fsp3) is 0.562. The summed E-state index contributed by atoms with van der Waals surface area (Å²) in [6.45, 7) is 4.56. The van der Waals surface area contributed by atoms with Crippen LogP contribution in [-0.2, 0) is 13.5 Å². The molecule has 1 aromatic carbocycles. The van der Waals surface area contributed by atoms with Crippen molar-refractivity contribution in [1.82, 2.24) is 15.1 Å². The quantitative estimate of drug-likeness (QED) is 0.863. The Kier molecular flexibility index (Phi) is 4.59. The molecule has 0 saturated heterocycles. The van der Waals surface area contributed by atoms with E-state index in [1.807, 2.05) is 11.7 Å². The number of fused-ring (bicyclic) bond motifs is 1. The van der Waals surface area contributed by atoms with Gasteiger partial charge in [-0.25, -0.2) is 0 Å². The molecular formula is C16H25N3. The molecule has 2 rings (SSSR count). The Labute approximate surface area is 116 Å². The van der Waals surface area contributed by atoms with Gasteiger partial charge in [-0.3, -0.25) is 4.68 Å². The molecule has 0 fully saturated rings. The minimum absolute atomic E-state index is 0.515. The van der Waals surface area contributed by atoms with Crippen molar-refractivity contribution in [2.45, 2.75) is 39.2 Å². The van der Waals surface area contributed by atoms with Crippen LogP contribution < -0.4 is 5.32 Å². The molecule has 0 aliphatic carbocycles. The van der Waals surface area contributed by atoms with Gasteiger partial charge in [-0.15, -0.1) is 0 Å². The number of hydrogen-bond donors (Lipinski definition) is 1. The molecule has 0 radical (unpaired) electrons. The van der Waals surface area contributed by atoms with E-state index in [-0.39, 0.29) is 0 Å². The Balaban J connectivity index is 2.15. The van der Waals surface area contributed by atoms with Gasteiger partial charge < -0.3 is 5.32 Å². The first kappa shape index (κ1) is 14.1. The molecule has 0 aliphatic heterocycles. The predicted octanol–water partition coefficient (Wildman–Crippen LogP) is 3.14. The van der Waals surface area contributed by atoms with E-state index in [1.165, 1.54) is 29.4 Å². The molecule has 1 atom stereocenters. The lowest BCUT2D eigenvalue weighted by Gasteiger charge is -2.16. The van der Waals surface area contributed by atoms with Crippen LogP contribution >= 0.6 is 0 Å². The highest BCUT2D eigenvalue weighted by Crippen LogP contribution is 2.20. The molecule has 19 heavy (non-hydrogen) atoms. The van der Waals surface area contributed by atoms with Gasteiger partial charge in [0.05, 0.1) is 11.2 Å². The van der Waals surface area contributed by atoms with Crippen LogP contribution in [0.3, 0.4) is 0 Å². The smallest absolute Gasteiger partial charge is 0.0718 e. The summed E-state index contributed by atoms with van der Waals surface area (Å²) in [7, 11) is 4.07. The van der Waals surface area contributed by atoms with E-state index in [2.05, 4.69) is 55.6 Å². The van der Waals surface area contributed by atoms with Gasteiger partial charge in [-0.05, 0) is 31.9 Å². The zero-order valence-electron chi connectivity index (χ0n) is 12.5. The molecule has 1 unspecified atom stereocenters. The van der Waals surface area contributed by atoms with Crippen LogP contribution in [-0.4, -0.2) is 22.9 Å². The second kappa shape index (κ2) is 6.20. The van der Waals surface area contributed by atoms with Crippen molar-refractivity contribution in [2.24, 2.45) is 13.0 Å². The van der Waals surface area contributed by atoms with Gasteiger partial charge in [0.15, 0.2) is 0 Å². The van der Waals surface area contributed by atoms with Crippen molar-refractivity contribution in [3.8, 4) is 0 Å². The van der Waals surface area contributed by atoms with E-state index in [9.17, 15) is 0 Å². The number of aryl methyl sites for hydroxylation is 1. The Hall–Kier alpha value is -1.35. The number of aromatic nitrogens is 2. The molecule has 104 valence electrons. The van der Waals surface area contributed by atoms with E-state index in [4.69, 9.17) is 0 Å². The Morgan fingerprint density at radius 3 is 2.63 bits per heavy atom. The first-order valence-corrected chi connectivity index (χ1v) is 7.19. The van der Waals surface area contributed by atoms with Gasteiger partial charge in [-0.2, -0.15) is 5.10 Å². The molecule has 0 bridgehead atoms. The van der Waals surface area contributed by atoms with Crippen LogP contribution in [0.1, 0.15) is 32.4 Å². The fourth-order valence-corrected chi connectivity index (χ4v) is 2.56. The van der Waals surface area contributed by atoms with Gasteiger partial charge in [0, 0.05) is 24.9 Å². The maximum absolute atomic E-state index is 4.68. The van der Waals surface area contributed by atoms with Crippen LogP contribution in [0, 0.1) is 5.92 Å². The number of nitrogens with one attached hydrogen (secondary N) is 1. The summed E-state index contributed by atoms with van der Waals surface area (Å²) in [5.41, 5.74) is 2.43. The largest absolute Gasteiger partial charge is 0.317 e. The highest BCUT2D eigenvalue weighted by atomic mass is 15.3. The fourth-order valence-electron chi connectivity index (χ4n) is 2.56. The lowest BCUT2D eigenvalue weighted by molar-refractivity contribution is 0.447. The van der Waals surface area contributed by atoms with E-state index < -0.39 is 0 Å². The minimum Gasteiger partial charge on any atom is -0.317 e. The molecule has 2 aromatic rings. The molecule has 1 heterocycles. The van der Waals surface area contributed by atoms with E-state index >= 15 is 0 Å². The molecule has 0 amide bonds. The number of benzene rings is 1. The molecule has 3 heteroatoms. The van der Waals surface area contributed by atoms with E-state index in [0.717, 1.165) is 12.3 Å². The van der Waals surface area contributed by atoms with Crippen LogP contribution in [0.5, 0.6) is 0 Å². The van der Waals surface area contributed by atoms with Crippen molar-refractivity contribution >= 4 is 10.9 Å². The third-order valence-electron chi connectivity index (χ3n) is 3.77. The average molecular weight is 259 g/mol. The first-order valence-electron chi connectivity index (χ1n) is 7.19. The number of hydrogen-bond acceptors (Lipinski definition) is 2. The zero-order chi connectivity index (χ0) is 13.8. The van der Waals surface area contributed by atoms with Crippen LogP contribution in [0.25, 0.3) is 10.9 Å². The summed E-state index contributed by atoms with van der Waals surface area (Å²) in [6, 6.07) is 8.99. The molecule has 1 aromatic heterocycles. The van der Waals surface area contributed by atoms with Gasteiger partial charge in [0.1, 0.15) is 0 Å². The molecule has 0 aliphatic rings. The summed E-state index contributed by atoms with van der Waals surface area (Å²) < 4.78 is 1.99. The second-order valence-corrected chi connectivity index (χ2v) is 5.75. The SMILES string of the molecule is CNC(CCC(C)C)Cc1nn(C)c2ccccc12. The summed E-state index contributed by atoms with van der Waals surface area (Å²) >= 11 is 0. The Morgan fingerprint density at radius 2 is 1.95 bits per heavy atom. The lowest BCUT2D eigenvalue weighted by atomic mass is 9.99. The van der Waals surface area contributed by atoms with Crippen molar-refractivity contribution in [2.75, 3.05) is 7.05 Å². The molecule has 0 saturated carbocycles. The van der Waals surface area contributed by atoms with Gasteiger partial charge in [0.25, 0.3) is 0 Å². The third kappa shape index (κ3) is 3.35. The molecule has 3 nitrogen and oxygen atoms in total. The average Bonchev–Trinajstić information content (AvgIpc) is 2.72. The third-order valence-corrected chi connectivity index (χ3v) is 3.77. The minimum atomic E-state index is 0.515. The van der Waals surface area contributed by atoms with E-state index in [0.29, 0.717) is 6.04 Å². The van der Waals surface area contributed by atoms with Gasteiger partial charge in [0.2, 0.25) is 0 Å². The second-order valence-electron chi connectivity index (χ2n) is 5.75. The standard InChI is InChI=1S/C16H25N3/c1-12(2)9-10-13(17-3)11-15-14-7-5-6-8-16(14)19(4)18-15/h5-8,12-13,17H,9-11H2,1-4H3. The normalized spacial score (nSPS) is 13.3. The first-order chi connectivity index (χ1) is 9.11. The van der Waals surface area contributed by atoms with Crippen LogP contribution in [0.15, 0.2) is 24.3 Å². The topological polar surface area (TPSA) is 29.9 Å². The summed E-state index contributed by atoms with van der Waals surface area (Å²) in [5.74, 6) is 0.760. The van der Waals surface area contributed by atoms with Crippen molar-refractivity contribution in [3.63, 3.8) is 0 Å². The number of rotatable bonds is 6. The highest BCUT2D eigenvalue weighted by molar-refractivity contribution is 5.81. The maximum atomic E-state index is 4.68. The zero-order valence-corrected chi connectivity index (χ0v) is 12.5. The monoisotopic (exact) mass is 259 g/mol. The highest BCUT2D eigenvalue weighted by Gasteiger charge is 2.14. The molecular weight excluding hydrogens is 234 g/mol. The van der Waals surface area contributed by atoms with E-state index in [1.54, 1.807) is 0 Å². The van der Waals surface area contributed by atoms with Gasteiger partial charge >= 0.3 is 0 Å². The van der Waals surface area contributed by atoms with Crippen molar-refractivity contribution < 1.29 is 0 Å². The van der Waals surface area contributed by atoms with Crippen LogP contribution in [0.2, 0.25) is 0 Å². The van der Waals surface area contributed by atoms with Crippen molar-refractivity contribution in [1.29, 1.82) is 0 Å². The van der Waals surface area contributed by atoms with Crippen LogP contribution in [0.4, 0.5) is 0 Å². The molecule has 1 N–H and O–H groups in total. The Bertz CT molecular complexity index is 528. The lowest BCUT2D eigenvalue weighted by Crippen LogP contribution is -2.28. The maximum Gasteiger partial charge on any atom is 0.0718 e. The van der Waals surface area contributed by atoms with Gasteiger partial charge in [-0.1, -0.05) is 32.0 Å². The molecule has 0 spiro atoms. The summed E-state index contributed by atoms with van der Waals surface area (Å²) in [5, 5.41) is 9.40. The Morgan fingerprint density at radius 1 is 1.21 bits per heavy atom. The summed E-state index contributed by atoms with van der Waals surface area (Å²) in [6.07, 6.45) is 3.47. The number of para-hydroxylation sites is 1. The van der Waals surface area contributed by atoms with Crippen molar-refractivity contribution in [3.05, 3.63) is 30.0 Å². The predicted molar refractivity (Wildman–Crippen MR) is 81.3 cm³/mol. The number of nitrogens with zero attached hydrogens (tertiary/aromatic N) is 2. The summed E-state index contributed by atoms with van der Waals surface area (Å²) in [4.78, 5) is 0. The number of likely N-dealkylation sites (N-methyl/N-ethyl adjacent to an activating group) is 1.